The van der Waals surface area contributed by atoms with Crippen LogP contribution >= 0.6 is 0 Å². The molecular weight excluding hydrogens is 294 g/mol. The molecule has 0 radical (unpaired) electrons. The third-order valence-electron chi connectivity index (χ3n) is 4.85. The Hall–Kier alpha value is -1.87. The lowest BCUT2D eigenvalue weighted by Gasteiger charge is -2.38. The third kappa shape index (κ3) is 3.78. The van der Waals surface area contributed by atoms with Crippen molar-refractivity contribution in [3.63, 3.8) is 0 Å². The summed E-state index contributed by atoms with van der Waals surface area (Å²) in [6.07, 6.45) is 5.76. The number of pyridine rings is 1. The molecule has 1 atom stereocenters. The molecule has 24 heavy (non-hydrogen) atoms. The van der Waals surface area contributed by atoms with Crippen LogP contribution in [-0.4, -0.2) is 30.0 Å². The molecule has 1 aromatic heterocycles. The third-order valence-corrected chi connectivity index (χ3v) is 4.85. The van der Waals surface area contributed by atoms with Crippen molar-refractivity contribution in [2.24, 2.45) is 5.92 Å². The number of aromatic nitrogens is 1. The lowest BCUT2D eigenvalue weighted by atomic mass is 9.94. The highest BCUT2D eigenvalue weighted by atomic mass is 15.2. The fourth-order valence-electron chi connectivity index (χ4n) is 3.75. The van der Waals surface area contributed by atoms with Gasteiger partial charge in [0.05, 0.1) is 0 Å². The van der Waals surface area contributed by atoms with Crippen LogP contribution in [0.15, 0.2) is 48.7 Å². The van der Waals surface area contributed by atoms with E-state index in [4.69, 9.17) is 4.98 Å². The van der Waals surface area contributed by atoms with Crippen molar-refractivity contribution in [2.75, 3.05) is 25.0 Å². The van der Waals surface area contributed by atoms with Crippen LogP contribution in [0.1, 0.15) is 44.7 Å². The van der Waals surface area contributed by atoms with Crippen LogP contribution in [0.25, 0.3) is 0 Å². The van der Waals surface area contributed by atoms with E-state index in [2.05, 4.69) is 73.2 Å². The zero-order valence-electron chi connectivity index (χ0n) is 15.2. The zero-order valence-corrected chi connectivity index (χ0v) is 15.2. The zero-order chi connectivity index (χ0) is 16.9. The molecule has 0 N–H and O–H groups in total. The Labute approximate surface area is 146 Å². The van der Waals surface area contributed by atoms with Crippen molar-refractivity contribution in [1.82, 2.24) is 9.88 Å². The molecule has 0 bridgehead atoms. The second kappa shape index (κ2) is 7.80. The van der Waals surface area contributed by atoms with Crippen molar-refractivity contribution in [3.8, 4) is 0 Å². The Kier molecular flexibility index (Phi) is 5.52. The molecule has 1 aromatic carbocycles. The molecule has 0 spiro atoms. The smallest absolute Gasteiger partial charge is 0.137 e. The Balaban J connectivity index is 1.93. The van der Waals surface area contributed by atoms with Crippen LogP contribution in [0.5, 0.6) is 0 Å². The first-order chi connectivity index (χ1) is 11.7. The second-order valence-corrected chi connectivity index (χ2v) is 7.21. The van der Waals surface area contributed by atoms with Gasteiger partial charge in [-0.1, -0.05) is 44.5 Å². The molecule has 2 heterocycles. The summed E-state index contributed by atoms with van der Waals surface area (Å²) in [5.74, 6) is 1.78. The van der Waals surface area contributed by atoms with Crippen LogP contribution in [0, 0.1) is 5.92 Å². The highest BCUT2D eigenvalue weighted by Gasteiger charge is 2.27. The number of piperidine rings is 1. The van der Waals surface area contributed by atoms with E-state index in [1.807, 2.05) is 6.20 Å². The molecule has 0 aliphatic carbocycles. The maximum atomic E-state index is 4.74. The Bertz CT molecular complexity index is 639. The van der Waals surface area contributed by atoms with Crippen LogP contribution in [0.3, 0.4) is 0 Å². The summed E-state index contributed by atoms with van der Waals surface area (Å²) in [5, 5.41) is 0. The maximum absolute atomic E-state index is 4.74. The van der Waals surface area contributed by atoms with Gasteiger partial charge in [-0.15, -0.1) is 0 Å². The Morgan fingerprint density at radius 3 is 2.67 bits per heavy atom. The number of anilines is 2. The molecule has 0 unspecified atom stereocenters. The summed E-state index contributed by atoms with van der Waals surface area (Å²) < 4.78 is 0. The van der Waals surface area contributed by atoms with Crippen molar-refractivity contribution in [1.29, 1.82) is 0 Å². The minimum atomic E-state index is 0.482. The number of likely N-dealkylation sites (tertiary alicyclic amines) is 1. The number of nitrogens with zero attached hydrogens (tertiary/aromatic N) is 3. The first-order valence-corrected chi connectivity index (χ1v) is 9.14. The second-order valence-electron chi connectivity index (χ2n) is 7.21. The van der Waals surface area contributed by atoms with Gasteiger partial charge in [-0.05, 0) is 43.5 Å². The van der Waals surface area contributed by atoms with Crippen LogP contribution in [0.2, 0.25) is 0 Å². The predicted octanol–water partition coefficient (Wildman–Crippen LogP) is 5.03. The molecule has 3 heteroatoms. The maximum Gasteiger partial charge on any atom is 0.137 e. The van der Waals surface area contributed by atoms with Gasteiger partial charge in [-0.2, -0.15) is 0 Å². The molecule has 128 valence electrons. The molecule has 3 nitrogen and oxygen atoms in total. The number of hydrogen-bond acceptors (Lipinski definition) is 3. The van der Waals surface area contributed by atoms with Gasteiger partial charge in [-0.25, -0.2) is 4.98 Å². The van der Waals surface area contributed by atoms with Gasteiger partial charge in [0.15, 0.2) is 0 Å². The van der Waals surface area contributed by atoms with Crippen LogP contribution in [0.4, 0.5) is 11.5 Å². The summed E-state index contributed by atoms with van der Waals surface area (Å²) in [7, 11) is 2.12. The molecule has 1 aliphatic rings. The molecule has 3 rings (SSSR count). The molecular formula is C21H29N3. The number of hydrogen-bond donors (Lipinski definition) is 0. The van der Waals surface area contributed by atoms with E-state index in [-0.39, 0.29) is 0 Å². The van der Waals surface area contributed by atoms with E-state index in [0.29, 0.717) is 12.0 Å². The van der Waals surface area contributed by atoms with E-state index in [9.17, 15) is 0 Å². The SMILES string of the molecule is CC(C)CN1CCCC[C@H]1c1cccnc1N(C)c1ccccc1. The van der Waals surface area contributed by atoms with Gasteiger partial charge in [0.25, 0.3) is 0 Å². The van der Waals surface area contributed by atoms with Crippen molar-refractivity contribution < 1.29 is 0 Å². The van der Waals surface area contributed by atoms with Crippen molar-refractivity contribution in [2.45, 2.75) is 39.2 Å². The molecule has 2 aromatic rings. The number of para-hydroxylation sites is 1. The van der Waals surface area contributed by atoms with E-state index in [1.165, 1.54) is 37.1 Å². The summed E-state index contributed by atoms with van der Waals surface area (Å²) in [5.41, 5.74) is 2.55. The lowest BCUT2D eigenvalue weighted by Crippen LogP contribution is -2.36. The number of benzene rings is 1. The summed E-state index contributed by atoms with van der Waals surface area (Å²) in [6, 6.07) is 15.3. The first kappa shape index (κ1) is 17.0. The van der Waals surface area contributed by atoms with E-state index < -0.39 is 0 Å². The summed E-state index contributed by atoms with van der Waals surface area (Å²) >= 11 is 0. The average molecular weight is 323 g/mol. The molecule has 1 saturated heterocycles. The van der Waals surface area contributed by atoms with Gasteiger partial charge < -0.3 is 4.90 Å². The Morgan fingerprint density at radius 1 is 1.12 bits per heavy atom. The summed E-state index contributed by atoms with van der Waals surface area (Å²) in [4.78, 5) is 9.62. The minimum absolute atomic E-state index is 0.482. The largest absolute Gasteiger partial charge is 0.329 e. The van der Waals surface area contributed by atoms with E-state index >= 15 is 0 Å². The standard InChI is InChI=1S/C21H29N3/c1-17(2)16-24-15-8-7-13-20(24)19-12-9-14-22-21(19)23(3)18-10-5-4-6-11-18/h4-6,9-12,14,17,20H,7-8,13,15-16H2,1-3H3/t20-/m0/s1. The number of rotatable bonds is 5. The van der Waals surface area contributed by atoms with Gasteiger partial charge in [0, 0.05) is 37.1 Å². The first-order valence-electron chi connectivity index (χ1n) is 9.14. The van der Waals surface area contributed by atoms with Crippen LogP contribution in [-0.2, 0) is 0 Å². The van der Waals surface area contributed by atoms with Crippen LogP contribution < -0.4 is 4.90 Å². The highest BCUT2D eigenvalue weighted by molar-refractivity contribution is 5.62. The molecule has 0 saturated carbocycles. The average Bonchev–Trinajstić information content (AvgIpc) is 2.62. The lowest BCUT2D eigenvalue weighted by molar-refractivity contribution is 0.132. The van der Waals surface area contributed by atoms with E-state index in [1.54, 1.807) is 0 Å². The highest BCUT2D eigenvalue weighted by Crippen LogP contribution is 2.37. The fourth-order valence-corrected chi connectivity index (χ4v) is 3.75. The molecule has 1 aliphatic heterocycles. The fraction of sp³-hybridized carbons (Fsp3) is 0.476. The van der Waals surface area contributed by atoms with Gasteiger partial charge in [0.1, 0.15) is 5.82 Å². The molecule has 1 fully saturated rings. The van der Waals surface area contributed by atoms with Crippen molar-refractivity contribution >= 4 is 11.5 Å². The predicted molar refractivity (Wildman–Crippen MR) is 102 cm³/mol. The Morgan fingerprint density at radius 2 is 1.92 bits per heavy atom. The minimum Gasteiger partial charge on any atom is -0.329 e. The van der Waals surface area contributed by atoms with Crippen molar-refractivity contribution in [3.05, 3.63) is 54.2 Å². The normalized spacial score (nSPS) is 18.8. The summed E-state index contributed by atoms with van der Waals surface area (Å²) in [6.45, 7) is 6.98. The quantitative estimate of drug-likeness (QED) is 0.769. The van der Waals surface area contributed by atoms with E-state index in [0.717, 1.165) is 12.4 Å². The monoisotopic (exact) mass is 323 g/mol. The van der Waals surface area contributed by atoms with Gasteiger partial charge in [0.2, 0.25) is 0 Å². The van der Waals surface area contributed by atoms with Gasteiger partial charge in [-0.3, -0.25) is 4.90 Å². The van der Waals surface area contributed by atoms with Gasteiger partial charge >= 0.3 is 0 Å². The topological polar surface area (TPSA) is 19.4 Å². The molecule has 0 amide bonds.